The molecular weight excluding hydrogens is 300 g/mol. The van der Waals surface area contributed by atoms with Crippen LogP contribution in [0.3, 0.4) is 0 Å². The van der Waals surface area contributed by atoms with Crippen molar-refractivity contribution in [2.24, 2.45) is 0 Å². The number of anilines is 1. The molecule has 0 spiro atoms. The number of hydrogen-bond donors (Lipinski definition) is 1. The van der Waals surface area contributed by atoms with Crippen LogP contribution in [-0.2, 0) is 14.6 Å². The number of nitro groups is 1. The molecule has 8 nitrogen and oxygen atoms in total. The van der Waals surface area contributed by atoms with E-state index in [4.69, 9.17) is 0 Å². The maximum Gasteiger partial charge on any atom is 0.340 e. The molecule has 1 saturated heterocycles. The van der Waals surface area contributed by atoms with Gasteiger partial charge in [-0.3, -0.25) is 10.1 Å². The van der Waals surface area contributed by atoms with E-state index >= 15 is 0 Å². The zero-order valence-electron chi connectivity index (χ0n) is 11.2. The van der Waals surface area contributed by atoms with E-state index in [-0.39, 0.29) is 28.8 Å². The van der Waals surface area contributed by atoms with Crippen molar-refractivity contribution < 1.29 is 22.9 Å². The fourth-order valence-corrected chi connectivity index (χ4v) is 3.85. The fourth-order valence-electron chi connectivity index (χ4n) is 2.18. The summed E-state index contributed by atoms with van der Waals surface area (Å²) in [5, 5.41) is 13.7. The monoisotopic (exact) mass is 314 g/mol. The zero-order chi connectivity index (χ0) is 15.6. The van der Waals surface area contributed by atoms with Crippen molar-refractivity contribution in [2.75, 3.05) is 23.9 Å². The molecule has 1 aromatic carbocycles. The number of ether oxygens (including phenoxy) is 1. The van der Waals surface area contributed by atoms with Crippen LogP contribution in [0.15, 0.2) is 18.2 Å². The highest BCUT2D eigenvalue weighted by molar-refractivity contribution is 7.91. The molecule has 1 aromatic rings. The summed E-state index contributed by atoms with van der Waals surface area (Å²) in [6.45, 7) is 0. The first-order valence-corrected chi connectivity index (χ1v) is 7.98. The lowest BCUT2D eigenvalue weighted by Crippen LogP contribution is -2.22. The molecule has 1 heterocycles. The first-order chi connectivity index (χ1) is 9.82. The molecule has 0 aromatic heterocycles. The van der Waals surface area contributed by atoms with E-state index in [1.807, 2.05) is 0 Å². The Labute approximate surface area is 121 Å². The number of nitrogens with one attached hydrogen (secondary N) is 1. The third-order valence-electron chi connectivity index (χ3n) is 3.21. The Bertz CT molecular complexity index is 685. The number of hydrogen-bond acceptors (Lipinski definition) is 7. The van der Waals surface area contributed by atoms with Gasteiger partial charge in [-0.25, -0.2) is 13.2 Å². The summed E-state index contributed by atoms with van der Waals surface area (Å²) >= 11 is 0. The maximum absolute atomic E-state index is 11.7. The van der Waals surface area contributed by atoms with Crippen LogP contribution >= 0.6 is 0 Å². The molecule has 114 valence electrons. The van der Waals surface area contributed by atoms with Crippen LogP contribution in [-0.4, -0.2) is 44.0 Å². The van der Waals surface area contributed by atoms with Gasteiger partial charge in [0.2, 0.25) is 0 Å². The van der Waals surface area contributed by atoms with Crippen molar-refractivity contribution in [2.45, 2.75) is 12.5 Å². The van der Waals surface area contributed by atoms with Crippen molar-refractivity contribution in [3.8, 4) is 0 Å². The molecule has 1 aliphatic rings. The summed E-state index contributed by atoms with van der Waals surface area (Å²) in [5.74, 6) is -0.655. The van der Waals surface area contributed by atoms with E-state index in [1.54, 1.807) is 0 Å². The predicted molar refractivity (Wildman–Crippen MR) is 75.1 cm³/mol. The summed E-state index contributed by atoms with van der Waals surface area (Å²) < 4.78 is 27.5. The molecule has 21 heavy (non-hydrogen) atoms. The molecule has 0 amide bonds. The molecular formula is C12H14N2O6S. The molecule has 1 aliphatic heterocycles. The van der Waals surface area contributed by atoms with Gasteiger partial charge in [0.05, 0.1) is 29.1 Å². The highest BCUT2D eigenvalue weighted by Crippen LogP contribution is 2.25. The number of non-ortho nitro benzene ring substituents is 1. The molecule has 1 atom stereocenters. The van der Waals surface area contributed by atoms with Crippen molar-refractivity contribution >= 4 is 27.2 Å². The van der Waals surface area contributed by atoms with Crippen LogP contribution in [0.5, 0.6) is 0 Å². The van der Waals surface area contributed by atoms with E-state index in [1.165, 1.54) is 19.2 Å². The van der Waals surface area contributed by atoms with E-state index in [0.29, 0.717) is 12.1 Å². The first-order valence-electron chi connectivity index (χ1n) is 6.16. The predicted octanol–water partition coefficient (Wildman–Crippen LogP) is 0.980. The van der Waals surface area contributed by atoms with Crippen LogP contribution in [0.25, 0.3) is 0 Å². The SMILES string of the molecule is COC(=O)c1cc([N+](=O)[O-])ccc1N[C@@H]1CCS(=O)(=O)C1. The third kappa shape index (κ3) is 3.48. The normalized spacial score (nSPS) is 20.0. The molecule has 0 saturated carbocycles. The van der Waals surface area contributed by atoms with Gasteiger partial charge in [-0.2, -0.15) is 0 Å². The van der Waals surface area contributed by atoms with Crippen molar-refractivity contribution in [1.82, 2.24) is 0 Å². The van der Waals surface area contributed by atoms with Gasteiger partial charge in [0.25, 0.3) is 5.69 Å². The Balaban J connectivity index is 2.30. The smallest absolute Gasteiger partial charge is 0.340 e. The van der Waals surface area contributed by atoms with E-state index in [0.717, 1.165) is 6.07 Å². The second-order valence-corrected chi connectivity index (χ2v) is 6.95. The highest BCUT2D eigenvalue weighted by Gasteiger charge is 2.29. The number of sulfone groups is 1. The lowest BCUT2D eigenvalue weighted by atomic mass is 10.1. The molecule has 0 bridgehead atoms. The number of carbonyl (C=O) groups is 1. The van der Waals surface area contributed by atoms with Gasteiger partial charge in [-0.1, -0.05) is 0 Å². The highest BCUT2D eigenvalue weighted by atomic mass is 32.2. The van der Waals surface area contributed by atoms with E-state index < -0.39 is 20.7 Å². The van der Waals surface area contributed by atoms with E-state index in [2.05, 4.69) is 10.1 Å². The lowest BCUT2D eigenvalue weighted by molar-refractivity contribution is -0.384. The molecule has 2 rings (SSSR count). The average molecular weight is 314 g/mol. The van der Waals surface area contributed by atoms with Crippen LogP contribution in [0.4, 0.5) is 11.4 Å². The minimum atomic E-state index is -3.06. The van der Waals surface area contributed by atoms with Crippen LogP contribution in [0, 0.1) is 10.1 Å². The van der Waals surface area contributed by atoms with E-state index in [9.17, 15) is 23.3 Å². The number of rotatable bonds is 4. The second-order valence-electron chi connectivity index (χ2n) is 4.72. The second kappa shape index (κ2) is 5.68. The fraction of sp³-hybridized carbons (Fsp3) is 0.417. The molecule has 1 fully saturated rings. The Morgan fingerprint density at radius 3 is 2.71 bits per heavy atom. The number of nitrogens with zero attached hydrogens (tertiary/aromatic N) is 1. The summed E-state index contributed by atoms with van der Waals surface area (Å²) in [5.41, 5.74) is 0.102. The minimum absolute atomic E-state index is 0.0102. The maximum atomic E-state index is 11.7. The van der Waals surface area contributed by atoms with Crippen molar-refractivity contribution in [1.29, 1.82) is 0 Å². The standard InChI is InChI=1S/C12H14N2O6S/c1-20-12(15)10-6-9(14(16)17)2-3-11(10)13-8-4-5-21(18,19)7-8/h2-3,6,8,13H,4-5,7H2,1H3/t8-/m1/s1. The van der Waals surface area contributed by atoms with Gasteiger partial charge < -0.3 is 10.1 Å². The molecule has 9 heteroatoms. The largest absolute Gasteiger partial charge is 0.465 e. The van der Waals surface area contributed by atoms with Gasteiger partial charge in [0.15, 0.2) is 9.84 Å². The van der Waals surface area contributed by atoms with Crippen LogP contribution in [0.2, 0.25) is 0 Å². The third-order valence-corrected chi connectivity index (χ3v) is 4.98. The minimum Gasteiger partial charge on any atom is -0.465 e. The number of benzene rings is 1. The Morgan fingerprint density at radius 2 is 2.19 bits per heavy atom. The van der Waals surface area contributed by atoms with Gasteiger partial charge in [0, 0.05) is 23.9 Å². The van der Waals surface area contributed by atoms with Crippen LogP contribution in [0.1, 0.15) is 16.8 Å². The molecule has 0 unspecified atom stereocenters. The number of methoxy groups -OCH3 is 1. The van der Waals surface area contributed by atoms with Gasteiger partial charge in [-0.15, -0.1) is 0 Å². The molecule has 0 aliphatic carbocycles. The van der Waals surface area contributed by atoms with Crippen LogP contribution < -0.4 is 5.32 Å². The Kier molecular flexibility index (Phi) is 4.12. The number of nitro benzene ring substituents is 1. The summed E-state index contributed by atoms with van der Waals surface area (Å²) in [6, 6.07) is 3.42. The first kappa shape index (κ1) is 15.2. The molecule has 1 N–H and O–H groups in total. The topological polar surface area (TPSA) is 116 Å². The summed E-state index contributed by atoms with van der Waals surface area (Å²) in [4.78, 5) is 21.9. The van der Waals surface area contributed by atoms with Gasteiger partial charge in [0.1, 0.15) is 0 Å². The van der Waals surface area contributed by atoms with Crippen molar-refractivity contribution in [3.05, 3.63) is 33.9 Å². The number of carbonyl (C=O) groups excluding carboxylic acids is 1. The van der Waals surface area contributed by atoms with Gasteiger partial charge in [-0.05, 0) is 12.5 Å². The quantitative estimate of drug-likeness (QED) is 0.500. The zero-order valence-corrected chi connectivity index (χ0v) is 12.1. The average Bonchev–Trinajstić information content (AvgIpc) is 2.77. The number of esters is 1. The molecule has 0 radical (unpaired) electrons. The Morgan fingerprint density at radius 1 is 1.48 bits per heavy atom. The lowest BCUT2D eigenvalue weighted by Gasteiger charge is -2.15. The summed E-state index contributed by atoms with van der Waals surface area (Å²) in [7, 11) is -1.89. The van der Waals surface area contributed by atoms with Gasteiger partial charge >= 0.3 is 5.97 Å². The summed E-state index contributed by atoms with van der Waals surface area (Å²) in [6.07, 6.45) is 0.430. The Hall–Kier alpha value is -2.16. The van der Waals surface area contributed by atoms with Crippen molar-refractivity contribution in [3.63, 3.8) is 0 Å².